The zero-order chi connectivity index (χ0) is 22.6. The van der Waals surface area contributed by atoms with E-state index in [-0.39, 0.29) is 12.5 Å². The van der Waals surface area contributed by atoms with Crippen LogP contribution in [0.4, 0.5) is 5.69 Å². The van der Waals surface area contributed by atoms with Crippen molar-refractivity contribution in [3.05, 3.63) is 82.7 Å². The number of morpholine rings is 1. The lowest BCUT2D eigenvalue weighted by molar-refractivity contribution is -0.118. The van der Waals surface area contributed by atoms with Crippen molar-refractivity contribution in [2.24, 2.45) is 0 Å². The predicted molar refractivity (Wildman–Crippen MR) is 127 cm³/mol. The van der Waals surface area contributed by atoms with E-state index >= 15 is 0 Å². The van der Waals surface area contributed by atoms with E-state index in [4.69, 9.17) is 13.9 Å². The first-order valence-corrected chi connectivity index (χ1v) is 10.9. The Balaban J connectivity index is 1.20. The molecule has 7 heteroatoms. The quantitative estimate of drug-likeness (QED) is 0.360. The van der Waals surface area contributed by atoms with Crippen molar-refractivity contribution in [1.82, 2.24) is 4.90 Å². The van der Waals surface area contributed by atoms with E-state index in [1.807, 2.05) is 42.5 Å². The number of carbonyl (C=O) groups excluding carboxylic acids is 1. The van der Waals surface area contributed by atoms with Crippen molar-refractivity contribution in [2.45, 2.75) is 6.54 Å². The summed E-state index contributed by atoms with van der Waals surface area (Å²) in [7, 11) is 0. The number of hydrogen-bond acceptors (Lipinski definition) is 6. The van der Waals surface area contributed by atoms with Crippen LogP contribution in [0.5, 0.6) is 5.75 Å². The Bertz CT molecular complexity index is 1340. The minimum absolute atomic E-state index is 0.154. The molecule has 0 aliphatic carbocycles. The van der Waals surface area contributed by atoms with E-state index in [1.165, 1.54) is 5.56 Å². The van der Waals surface area contributed by atoms with Crippen molar-refractivity contribution in [2.75, 3.05) is 38.2 Å². The van der Waals surface area contributed by atoms with Gasteiger partial charge in [0.1, 0.15) is 11.3 Å². The van der Waals surface area contributed by atoms with Crippen LogP contribution in [-0.2, 0) is 16.1 Å². The van der Waals surface area contributed by atoms with Gasteiger partial charge in [-0.1, -0.05) is 30.3 Å². The van der Waals surface area contributed by atoms with Crippen LogP contribution >= 0.6 is 0 Å². The third-order valence-corrected chi connectivity index (χ3v) is 5.71. The minimum atomic E-state index is -0.398. The average Bonchev–Trinajstić information content (AvgIpc) is 2.85. The Kier molecular flexibility index (Phi) is 6.06. The summed E-state index contributed by atoms with van der Waals surface area (Å²) in [4.78, 5) is 26.9. The zero-order valence-corrected chi connectivity index (χ0v) is 18.1. The molecule has 3 aromatic carbocycles. The molecule has 5 rings (SSSR count). The van der Waals surface area contributed by atoms with Crippen LogP contribution < -0.4 is 15.7 Å². The highest BCUT2D eigenvalue weighted by atomic mass is 16.5. The summed E-state index contributed by atoms with van der Waals surface area (Å²) in [5, 5.41) is 5.02. The van der Waals surface area contributed by atoms with Gasteiger partial charge in [-0.05, 0) is 41.3 Å². The summed E-state index contributed by atoms with van der Waals surface area (Å²) < 4.78 is 16.4. The van der Waals surface area contributed by atoms with Crippen LogP contribution in [-0.4, -0.2) is 43.7 Å². The lowest BCUT2D eigenvalue weighted by Crippen LogP contribution is -2.35. The van der Waals surface area contributed by atoms with Crippen molar-refractivity contribution in [3.8, 4) is 5.75 Å². The number of ether oxygens (including phenoxy) is 2. The maximum absolute atomic E-state index is 12.3. The van der Waals surface area contributed by atoms with E-state index in [0.717, 1.165) is 43.6 Å². The molecule has 0 saturated carbocycles. The van der Waals surface area contributed by atoms with Crippen molar-refractivity contribution >= 4 is 33.3 Å². The zero-order valence-electron chi connectivity index (χ0n) is 18.1. The fourth-order valence-corrected chi connectivity index (χ4v) is 4.01. The average molecular weight is 444 g/mol. The second-order valence-electron chi connectivity index (χ2n) is 8.02. The van der Waals surface area contributed by atoms with E-state index in [1.54, 1.807) is 24.3 Å². The first-order chi connectivity index (χ1) is 16.2. The van der Waals surface area contributed by atoms with Gasteiger partial charge in [0, 0.05) is 36.8 Å². The number of nitrogens with one attached hydrogen (secondary N) is 1. The van der Waals surface area contributed by atoms with Gasteiger partial charge in [-0.2, -0.15) is 0 Å². The number of nitrogens with zero attached hydrogens (tertiary/aromatic N) is 1. The van der Waals surface area contributed by atoms with E-state index in [2.05, 4.69) is 10.2 Å². The summed E-state index contributed by atoms with van der Waals surface area (Å²) in [6.07, 6.45) is 0. The Labute approximate surface area is 190 Å². The molecule has 168 valence electrons. The summed E-state index contributed by atoms with van der Waals surface area (Å²) in [5.74, 6) is 0.188. The molecule has 1 aliphatic rings. The lowest BCUT2D eigenvalue weighted by Gasteiger charge is -2.26. The normalized spacial score (nSPS) is 14.4. The van der Waals surface area contributed by atoms with Crippen LogP contribution in [0.2, 0.25) is 0 Å². The van der Waals surface area contributed by atoms with Gasteiger partial charge in [0.25, 0.3) is 5.91 Å². The molecule has 1 amide bonds. The predicted octanol–water partition coefficient (Wildman–Crippen LogP) is 3.80. The van der Waals surface area contributed by atoms with Gasteiger partial charge in [-0.3, -0.25) is 9.69 Å². The van der Waals surface area contributed by atoms with E-state index in [9.17, 15) is 9.59 Å². The molecule has 0 bridgehead atoms. The Hall–Kier alpha value is -3.68. The second-order valence-corrected chi connectivity index (χ2v) is 8.02. The van der Waals surface area contributed by atoms with Gasteiger partial charge < -0.3 is 19.2 Å². The Morgan fingerprint density at radius 2 is 1.70 bits per heavy atom. The summed E-state index contributed by atoms with van der Waals surface area (Å²) in [6.45, 7) is 4.13. The monoisotopic (exact) mass is 444 g/mol. The van der Waals surface area contributed by atoms with Gasteiger partial charge in [0.05, 0.1) is 18.6 Å². The number of amides is 1. The van der Waals surface area contributed by atoms with Crippen LogP contribution in [0.1, 0.15) is 5.56 Å². The number of carbonyl (C=O) groups is 1. The van der Waals surface area contributed by atoms with E-state index < -0.39 is 5.63 Å². The molecular weight excluding hydrogens is 420 g/mol. The van der Waals surface area contributed by atoms with Gasteiger partial charge >= 0.3 is 5.63 Å². The molecule has 4 aromatic rings. The third-order valence-electron chi connectivity index (χ3n) is 5.71. The summed E-state index contributed by atoms with van der Waals surface area (Å²) in [5.41, 5.74) is 1.93. The van der Waals surface area contributed by atoms with Crippen LogP contribution in [0, 0.1) is 0 Å². The summed E-state index contributed by atoms with van der Waals surface area (Å²) in [6, 6.07) is 20.4. The fourth-order valence-electron chi connectivity index (χ4n) is 4.01. The number of rotatable bonds is 6. The molecule has 7 nitrogen and oxygen atoms in total. The molecular formula is C26H24N2O5. The van der Waals surface area contributed by atoms with Crippen molar-refractivity contribution < 1.29 is 18.7 Å². The number of anilines is 1. The Morgan fingerprint density at radius 1 is 0.939 bits per heavy atom. The Morgan fingerprint density at radius 3 is 2.48 bits per heavy atom. The molecule has 0 spiro atoms. The number of benzene rings is 3. The fraction of sp³-hybridized carbons (Fsp3) is 0.231. The first kappa shape index (κ1) is 21.2. The molecule has 1 aliphatic heterocycles. The molecule has 0 atom stereocenters. The number of fused-ring (bicyclic) bond motifs is 3. The molecule has 1 fully saturated rings. The summed E-state index contributed by atoms with van der Waals surface area (Å²) >= 11 is 0. The maximum Gasteiger partial charge on any atom is 0.344 e. The van der Waals surface area contributed by atoms with Crippen molar-refractivity contribution in [3.63, 3.8) is 0 Å². The largest absolute Gasteiger partial charge is 0.484 e. The van der Waals surface area contributed by atoms with Crippen LogP contribution in [0.15, 0.2) is 75.9 Å². The first-order valence-electron chi connectivity index (χ1n) is 10.9. The van der Waals surface area contributed by atoms with E-state index in [0.29, 0.717) is 22.4 Å². The second kappa shape index (κ2) is 9.44. The maximum atomic E-state index is 12.3. The molecule has 0 radical (unpaired) electrons. The smallest absolute Gasteiger partial charge is 0.344 e. The lowest BCUT2D eigenvalue weighted by atomic mass is 10.1. The van der Waals surface area contributed by atoms with Gasteiger partial charge in [-0.25, -0.2) is 4.79 Å². The highest BCUT2D eigenvalue weighted by molar-refractivity contribution is 6.04. The SMILES string of the molecule is O=C(COc1ccc2c(c1)oc(=O)c1ccccc12)Nc1ccc(CN2CCOCC2)cc1. The van der Waals surface area contributed by atoms with Crippen LogP contribution in [0.25, 0.3) is 21.7 Å². The molecule has 33 heavy (non-hydrogen) atoms. The molecule has 2 heterocycles. The van der Waals surface area contributed by atoms with Gasteiger partial charge in [-0.15, -0.1) is 0 Å². The molecule has 1 saturated heterocycles. The topological polar surface area (TPSA) is 81.0 Å². The molecule has 1 aromatic heterocycles. The van der Waals surface area contributed by atoms with Crippen LogP contribution in [0.3, 0.4) is 0 Å². The third kappa shape index (κ3) is 4.89. The highest BCUT2D eigenvalue weighted by Crippen LogP contribution is 2.26. The standard InChI is InChI=1S/C26H24N2O5/c29-25(27-19-7-5-18(6-8-19)16-28-11-13-31-14-12-28)17-32-20-9-10-22-21-3-1-2-4-23(21)26(30)33-24(22)15-20/h1-10,15H,11-14,16-17H2,(H,27,29). The molecule has 1 N–H and O–H groups in total. The highest BCUT2D eigenvalue weighted by Gasteiger charge is 2.12. The minimum Gasteiger partial charge on any atom is -0.484 e. The van der Waals surface area contributed by atoms with Crippen molar-refractivity contribution in [1.29, 1.82) is 0 Å². The van der Waals surface area contributed by atoms with Gasteiger partial charge in [0.15, 0.2) is 6.61 Å². The number of hydrogen-bond donors (Lipinski definition) is 1. The molecule has 0 unspecified atom stereocenters. The van der Waals surface area contributed by atoms with Gasteiger partial charge in [0.2, 0.25) is 0 Å².